The van der Waals surface area contributed by atoms with Crippen molar-refractivity contribution in [2.75, 3.05) is 19.6 Å². The Labute approximate surface area is 113 Å². The molecule has 0 radical (unpaired) electrons. The molecule has 5 nitrogen and oxygen atoms in total. The zero-order valence-electron chi connectivity index (χ0n) is 11.4. The largest absolute Gasteiger partial charge is 0.475 e. The van der Waals surface area contributed by atoms with Gasteiger partial charge in [-0.1, -0.05) is 6.92 Å². The van der Waals surface area contributed by atoms with Crippen molar-refractivity contribution in [3.05, 3.63) is 23.7 Å². The molecule has 1 aromatic heterocycles. The molecule has 0 bridgehead atoms. The van der Waals surface area contributed by atoms with Gasteiger partial charge in [-0.15, -0.1) is 0 Å². The Bertz CT molecular complexity index is 411. The highest BCUT2D eigenvalue weighted by Crippen LogP contribution is 2.13. The molecule has 1 aromatic rings. The summed E-state index contributed by atoms with van der Waals surface area (Å²) in [6, 6.07) is 3.84. The van der Waals surface area contributed by atoms with Crippen LogP contribution in [0.2, 0.25) is 0 Å². The first-order valence-corrected chi connectivity index (χ1v) is 6.96. The Morgan fingerprint density at radius 1 is 1.58 bits per heavy atom. The lowest BCUT2D eigenvalue weighted by atomic mass is 10.2. The molecule has 2 N–H and O–H groups in total. The van der Waals surface area contributed by atoms with Crippen LogP contribution in [-0.2, 0) is 6.54 Å². The maximum Gasteiger partial charge on any atom is 0.371 e. The maximum atomic E-state index is 10.8. The smallest absolute Gasteiger partial charge is 0.371 e. The van der Waals surface area contributed by atoms with Crippen molar-refractivity contribution in [1.82, 2.24) is 10.2 Å². The molecule has 106 valence electrons. The summed E-state index contributed by atoms with van der Waals surface area (Å²) in [4.78, 5) is 13.1. The van der Waals surface area contributed by atoms with E-state index in [1.165, 1.54) is 18.9 Å². The van der Waals surface area contributed by atoms with Gasteiger partial charge in [0.05, 0.1) is 6.54 Å². The fourth-order valence-corrected chi connectivity index (χ4v) is 2.57. The van der Waals surface area contributed by atoms with Crippen LogP contribution in [0, 0.1) is 0 Å². The van der Waals surface area contributed by atoms with Crippen molar-refractivity contribution < 1.29 is 14.3 Å². The number of furan rings is 1. The second kappa shape index (κ2) is 6.73. The van der Waals surface area contributed by atoms with Gasteiger partial charge in [0.2, 0.25) is 5.76 Å². The zero-order valence-corrected chi connectivity index (χ0v) is 11.4. The number of nitrogens with one attached hydrogen (secondary N) is 1. The number of hydrogen-bond acceptors (Lipinski definition) is 4. The fourth-order valence-electron chi connectivity index (χ4n) is 2.57. The molecule has 1 aliphatic rings. The first-order valence-electron chi connectivity index (χ1n) is 6.96. The van der Waals surface area contributed by atoms with Gasteiger partial charge < -0.3 is 14.8 Å². The van der Waals surface area contributed by atoms with Gasteiger partial charge in [0.25, 0.3) is 0 Å². The van der Waals surface area contributed by atoms with Gasteiger partial charge in [0.15, 0.2) is 0 Å². The van der Waals surface area contributed by atoms with Crippen molar-refractivity contribution in [2.24, 2.45) is 0 Å². The SMILES string of the molecule is CCCN(Cc1ccc(C(=O)O)o1)CC1CCCN1. The third kappa shape index (κ3) is 4.08. The molecule has 0 spiro atoms. The lowest BCUT2D eigenvalue weighted by Crippen LogP contribution is -2.37. The van der Waals surface area contributed by atoms with E-state index in [1.54, 1.807) is 6.07 Å². The van der Waals surface area contributed by atoms with E-state index in [0.29, 0.717) is 12.6 Å². The number of hydrogen-bond donors (Lipinski definition) is 2. The monoisotopic (exact) mass is 266 g/mol. The summed E-state index contributed by atoms with van der Waals surface area (Å²) in [5.41, 5.74) is 0. The highest BCUT2D eigenvalue weighted by Gasteiger charge is 2.19. The van der Waals surface area contributed by atoms with E-state index >= 15 is 0 Å². The quantitative estimate of drug-likeness (QED) is 0.789. The molecule has 0 aliphatic carbocycles. The molecular formula is C14H22N2O3. The number of nitrogens with zero attached hydrogens (tertiary/aromatic N) is 1. The number of rotatable bonds is 7. The van der Waals surface area contributed by atoms with Crippen LogP contribution >= 0.6 is 0 Å². The Hall–Kier alpha value is -1.33. The topological polar surface area (TPSA) is 65.7 Å². The molecule has 1 saturated heterocycles. The molecule has 0 saturated carbocycles. The van der Waals surface area contributed by atoms with Crippen LogP contribution in [0.15, 0.2) is 16.5 Å². The first-order chi connectivity index (χ1) is 9.19. The van der Waals surface area contributed by atoms with Gasteiger partial charge in [-0.3, -0.25) is 4.90 Å². The van der Waals surface area contributed by atoms with Crippen molar-refractivity contribution in [3.63, 3.8) is 0 Å². The summed E-state index contributed by atoms with van der Waals surface area (Å²) in [5.74, 6) is -0.264. The van der Waals surface area contributed by atoms with Gasteiger partial charge >= 0.3 is 5.97 Å². The van der Waals surface area contributed by atoms with Crippen LogP contribution in [-0.4, -0.2) is 41.7 Å². The van der Waals surface area contributed by atoms with Crippen molar-refractivity contribution >= 4 is 5.97 Å². The zero-order chi connectivity index (χ0) is 13.7. The molecule has 19 heavy (non-hydrogen) atoms. The molecule has 2 heterocycles. The summed E-state index contributed by atoms with van der Waals surface area (Å²) in [5, 5.41) is 12.3. The predicted molar refractivity (Wildman–Crippen MR) is 72.3 cm³/mol. The summed E-state index contributed by atoms with van der Waals surface area (Å²) in [6.07, 6.45) is 3.55. The molecule has 0 amide bonds. The Morgan fingerprint density at radius 3 is 3.00 bits per heavy atom. The average molecular weight is 266 g/mol. The highest BCUT2D eigenvalue weighted by molar-refractivity contribution is 5.84. The molecule has 5 heteroatoms. The molecule has 2 rings (SSSR count). The number of carboxylic acids is 1. The molecular weight excluding hydrogens is 244 g/mol. The van der Waals surface area contributed by atoms with Gasteiger partial charge in [0, 0.05) is 12.6 Å². The minimum Gasteiger partial charge on any atom is -0.475 e. The lowest BCUT2D eigenvalue weighted by Gasteiger charge is -2.24. The van der Waals surface area contributed by atoms with Crippen LogP contribution in [0.4, 0.5) is 0 Å². The van der Waals surface area contributed by atoms with Gasteiger partial charge in [-0.25, -0.2) is 4.79 Å². The predicted octanol–water partition coefficient (Wildman–Crippen LogP) is 1.94. The van der Waals surface area contributed by atoms with E-state index in [9.17, 15) is 4.79 Å². The normalized spacial score (nSPS) is 19.2. The van der Waals surface area contributed by atoms with Crippen molar-refractivity contribution in [3.8, 4) is 0 Å². The minimum atomic E-state index is -1.01. The van der Waals surface area contributed by atoms with Gasteiger partial charge in [-0.2, -0.15) is 0 Å². The van der Waals surface area contributed by atoms with E-state index in [4.69, 9.17) is 9.52 Å². The van der Waals surface area contributed by atoms with Gasteiger partial charge in [-0.05, 0) is 44.5 Å². The second-order valence-electron chi connectivity index (χ2n) is 5.10. The maximum absolute atomic E-state index is 10.8. The second-order valence-corrected chi connectivity index (χ2v) is 5.10. The van der Waals surface area contributed by atoms with Crippen LogP contribution in [0.1, 0.15) is 42.5 Å². The third-order valence-electron chi connectivity index (χ3n) is 3.43. The summed E-state index contributed by atoms with van der Waals surface area (Å²) < 4.78 is 5.32. The Balaban J connectivity index is 1.92. The Morgan fingerprint density at radius 2 is 2.42 bits per heavy atom. The first kappa shape index (κ1) is 14.1. The minimum absolute atomic E-state index is 0.0189. The van der Waals surface area contributed by atoms with E-state index in [0.717, 1.165) is 31.8 Å². The van der Waals surface area contributed by atoms with E-state index in [2.05, 4.69) is 17.1 Å². The number of carbonyl (C=O) groups is 1. The molecule has 1 fully saturated rings. The number of carboxylic acid groups (broad SMARTS) is 1. The average Bonchev–Trinajstić information content (AvgIpc) is 3.00. The summed E-state index contributed by atoms with van der Waals surface area (Å²) in [7, 11) is 0. The summed E-state index contributed by atoms with van der Waals surface area (Å²) >= 11 is 0. The Kier molecular flexibility index (Phi) is 4.99. The van der Waals surface area contributed by atoms with E-state index in [1.807, 2.05) is 0 Å². The molecule has 0 aromatic carbocycles. The molecule has 1 aliphatic heterocycles. The summed E-state index contributed by atoms with van der Waals surface area (Å²) in [6.45, 7) is 5.94. The lowest BCUT2D eigenvalue weighted by molar-refractivity contribution is 0.0658. The standard InChI is InChI=1S/C14H22N2O3/c1-2-8-16(9-11-4-3-7-15-11)10-12-5-6-13(19-12)14(17)18/h5-6,11,15H,2-4,7-10H2,1H3,(H,17,18). The fraction of sp³-hybridized carbons (Fsp3) is 0.643. The van der Waals surface area contributed by atoms with Crippen LogP contribution < -0.4 is 5.32 Å². The van der Waals surface area contributed by atoms with Crippen LogP contribution in [0.3, 0.4) is 0 Å². The van der Waals surface area contributed by atoms with Gasteiger partial charge in [0.1, 0.15) is 5.76 Å². The van der Waals surface area contributed by atoms with Crippen molar-refractivity contribution in [2.45, 2.75) is 38.8 Å². The van der Waals surface area contributed by atoms with E-state index in [-0.39, 0.29) is 5.76 Å². The van der Waals surface area contributed by atoms with E-state index < -0.39 is 5.97 Å². The number of aromatic carboxylic acids is 1. The van der Waals surface area contributed by atoms with Crippen LogP contribution in [0.5, 0.6) is 0 Å². The molecule has 1 unspecified atom stereocenters. The third-order valence-corrected chi connectivity index (χ3v) is 3.43. The highest BCUT2D eigenvalue weighted by atomic mass is 16.4. The van der Waals surface area contributed by atoms with Crippen LogP contribution in [0.25, 0.3) is 0 Å². The molecule has 1 atom stereocenters. The van der Waals surface area contributed by atoms with Crippen molar-refractivity contribution in [1.29, 1.82) is 0 Å².